The zero-order chi connectivity index (χ0) is 21.0. The summed E-state index contributed by atoms with van der Waals surface area (Å²) >= 11 is 0. The van der Waals surface area contributed by atoms with E-state index in [9.17, 15) is 29.8 Å². The summed E-state index contributed by atoms with van der Waals surface area (Å²) in [5.74, 6) is -1.70. The lowest BCUT2D eigenvalue weighted by molar-refractivity contribution is -0.395. The van der Waals surface area contributed by atoms with E-state index in [1.165, 1.54) is 13.8 Å². The van der Waals surface area contributed by atoms with Gasteiger partial charge >= 0.3 is 5.97 Å². The van der Waals surface area contributed by atoms with E-state index in [4.69, 9.17) is 4.74 Å². The molecule has 28 heavy (non-hydrogen) atoms. The highest BCUT2D eigenvalue weighted by Gasteiger charge is 2.27. The molecular formula is C18H17N3O7. The Morgan fingerprint density at radius 2 is 1.57 bits per heavy atom. The second-order valence-corrected chi connectivity index (χ2v) is 6.01. The van der Waals surface area contributed by atoms with E-state index >= 15 is 0 Å². The van der Waals surface area contributed by atoms with Crippen LogP contribution in [0.15, 0.2) is 36.4 Å². The Balaban J connectivity index is 2.22. The number of nitrogens with one attached hydrogen (secondary N) is 1. The van der Waals surface area contributed by atoms with Crippen molar-refractivity contribution < 1.29 is 24.2 Å². The SMILES string of the molecule is Cc1ccccc1NC(=O)C(C)OC(=O)c1cc([N+](=O)[O-])c(C)c([N+](=O)[O-])c1. The zero-order valence-electron chi connectivity index (χ0n) is 15.3. The Bertz CT molecular complexity index is 936. The molecule has 0 saturated heterocycles. The molecule has 2 aromatic carbocycles. The van der Waals surface area contributed by atoms with Crippen LogP contribution in [0.3, 0.4) is 0 Å². The van der Waals surface area contributed by atoms with Crippen LogP contribution in [0.25, 0.3) is 0 Å². The lowest BCUT2D eigenvalue weighted by atomic mass is 10.1. The van der Waals surface area contributed by atoms with Crippen molar-refractivity contribution in [2.24, 2.45) is 0 Å². The number of anilines is 1. The van der Waals surface area contributed by atoms with Crippen molar-refractivity contribution in [1.29, 1.82) is 0 Å². The predicted molar refractivity (Wildman–Crippen MR) is 99.2 cm³/mol. The Hall–Kier alpha value is -3.82. The average molecular weight is 387 g/mol. The molecule has 1 unspecified atom stereocenters. The van der Waals surface area contributed by atoms with Crippen LogP contribution in [0.4, 0.5) is 17.1 Å². The molecule has 146 valence electrons. The van der Waals surface area contributed by atoms with Crippen LogP contribution in [-0.2, 0) is 9.53 Å². The number of esters is 1. The van der Waals surface area contributed by atoms with Gasteiger partial charge in [-0.05, 0) is 32.4 Å². The fourth-order valence-corrected chi connectivity index (χ4v) is 2.41. The average Bonchev–Trinajstić information content (AvgIpc) is 2.63. The van der Waals surface area contributed by atoms with Gasteiger partial charge in [-0.1, -0.05) is 18.2 Å². The van der Waals surface area contributed by atoms with Gasteiger partial charge in [-0.25, -0.2) is 4.79 Å². The van der Waals surface area contributed by atoms with Crippen LogP contribution in [0.2, 0.25) is 0 Å². The Kier molecular flexibility index (Phi) is 6.04. The molecule has 1 atom stereocenters. The minimum Gasteiger partial charge on any atom is -0.449 e. The van der Waals surface area contributed by atoms with Crippen molar-refractivity contribution in [3.63, 3.8) is 0 Å². The molecule has 0 aromatic heterocycles. The van der Waals surface area contributed by atoms with Gasteiger partial charge in [0.2, 0.25) is 0 Å². The molecule has 10 heteroatoms. The molecule has 0 aliphatic carbocycles. The molecule has 0 spiro atoms. The Morgan fingerprint density at radius 3 is 2.07 bits per heavy atom. The van der Waals surface area contributed by atoms with Gasteiger partial charge < -0.3 is 10.1 Å². The van der Waals surface area contributed by atoms with Gasteiger partial charge in [0.05, 0.1) is 15.4 Å². The highest BCUT2D eigenvalue weighted by molar-refractivity contribution is 5.98. The molecule has 0 radical (unpaired) electrons. The number of nitrogens with zero attached hydrogens (tertiary/aromatic N) is 2. The van der Waals surface area contributed by atoms with Gasteiger partial charge in [0.25, 0.3) is 17.3 Å². The number of benzene rings is 2. The number of carbonyl (C=O) groups excluding carboxylic acids is 2. The summed E-state index contributed by atoms with van der Waals surface area (Å²) in [5.41, 5.74) is -0.399. The van der Waals surface area contributed by atoms with Crippen molar-refractivity contribution in [1.82, 2.24) is 0 Å². The normalized spacial score (nSPS) is 11.4. The minimum atomic E-state index is -1.23. The maximum Gasteiger partial charge on any atom is 0.339 e. The van der Waals surface area contributed by atoms with Gasteiger partial charge in [-0.3, -0.25) is 25.0 Å². The maximum absolute atomic E-state index is 12.3. The largest absolute Gasteiger partial charge is 0.449 e. The zero-order valence-corrected chi connectivity index (χ0v) is 15.3. The van der Waals surface area contributed by atoms with Gasteiger partial charge in [0.15, 0.2) is 6.10 Å². The number of nitro groups is 2. The number of amides is 1. The van der Waals surface area contributed by atoms with Crippen LogP contribution in [-0.4, -0.2) is 27.8 Å². The van der Waals surface area contributed by atoms with Gasteiger partial charge in [-0.15, -0.1) is 0 Å². The van der Waals surface area contributed by atoms with E-state index in [0.717, 1.165) is 17.7 Å². The topological polar surface area (TPSA) is 142 Å². The molecule has 10 nitrogen and oxygen atoms in total. The summed E-state index contributed by atoms with van der Waals surface area (Å²) in [4.78, 5) is 45.1. The van der Waals surface area contributed by atoms with Gasteiger partial charge in [0, 0.05) is 17.8 Å². The summed E-state index contributed by atoms with van der Waals surface area (Å²) in [7, 11) is 0. The third kappa shape index (κ3) is 4.47. The van der Waals surface area contributed by atoms with E-state index in [2.05, 4.69) is 5.32 Å². The Morgan fingerprint density at radius 1 is 1.04 bits per heavy atom. The quantitative estimate of drug-likeness (QED) is 0.455. The lowest BCUT2D eigenvalue weighted by Crippen LogP contribution is -2.30. The van der Waals surface area contributed by atoms with E-state index in [-0.39, 0.29) is 11.1 Å². The molecule has 2 rings (SSSR count). The number of rotatable bonds is 6. The number of hydrogen-bond acceptors (Lipinski definition) is 7. The second kappa shape index (κ2) is 8.25. The van der Waals surface area contributed by atoms with E-state index < -0.39 is 39.2 Å². The molecule has 0 aliphatic heterocycles. The third-order valence-electron chi connectivity index (χ3n) is 4.04. The number of nitro benzene ring substituents is 2. The molecule has 0 heterocycles. The number of para-hydroxylation sites is 1. The highest BCUT2D eigenvalue weighted by Crippen LogP contribution is 2.29. The molecule has 1 N–H and O–H groups in total. The second-order valence-electron chi connectivity index (χ2n) is 6.01. The fourth-order valence-electron chi connectivity index (χ4n) is 2.41. The van der Waals surface area contributed by atoms with Crippen LogP contribution in [0.1, 0.15) is 28.4 Å². The summed E-state index contributed by atoms with van der Waals surface area (Å²) in [5, 5.41) is 24.8. The first-order valence-corrected chi connectivity index (χ1v) is 8.12. The van der Waals surface area contributed by atoms with Crippen LogP contribution < -0.4 is 5.32 Å². The summed E-state index contributed by atoms with van der Waals surface area (Å²) in [6.45, 7) is 4.32. The van der Waals surface area contributed by atoms with Crippen molar-refractivity contribution in [3.8, 4) is 0 Å². The van der Waals surface area contributed by atoms with E-state index in [0.29, 0.717) is 5.69 Å². The summed E-state index contributed by atoms with van der Waals surface area (Å²) in [6, 6.07) is 8.76. The number of carbonyl (C=O) groups is 2. The third-order valence-corrected chi connectivity index (χ3v) is 4.04. The van der Waals surface area contributed by atoms with Crippen LogP contribution in [0.5, 0.6) is 0 Å². The molecule has 0 fully saturated rings. The number of hydrogen-bond donors (Lipinski definition) is 1. The lowest BCUT2D eigenvalue weighted by Gasteiger charge is -2.14. The first kappa shape index (κ1) is 20.5. The molecule has 0 saturated carbocycles. The van der Waals surface area contributed by atoms with Crippen molar-refractivity contribution in [3.05, 3.63) is 73.3 Å². The van der Waals surface area contributed by atoms with Crippen molar-refractivity contribution in [2.75, 3.05) is 5.32 Å². The fraction of sp³-hybridized carbons (Fsp3) is 0.222. The highest BCUT2D eigenvalue weighted by atomic mass is 16.6. The predicted octanol–water partition coefficient (Wildman–Crippen LogP) is 3.30. The standard InChI is InChI=1S/C18H17N3O7/c1-10-6-4-5-7-14(10)19-17(22)12(3)28-18(23)13-8-15(20(24)25)11(2)16(9-13)21(26)27/h4-9,12H,1-3H3,(H,19,22). The number of ether oxygens (including phenoxy) is 1. The van der Waals surface area contributed by atoms with Gasteiger partial charge in [-0.2, -0.15) is 0 Å². The van der Waals surface area contributed by atoms with Crippen LogP contribution in [0, 0.1) is 34.1 Å². The molecule has 0 bridgehead atoms. The number of aryl methyl sites for hydroxylation is 1. The molecular weight excluding hydrogens is 370 g/mol. The first-order chi connectivity index (χ1) is 13.1. The molecule has 1 amide bonds. The minimum absolute atomic E-state index is 0.183. The smallest absolute Gasteiger partial charge is 0.339 e. The molecule has 0 aliphatic rings. The van der Waals surface area contributed by atoms with Gasteiger partial charge in [0.1, 0.15) is 5.56 Å². The maximum atomic E-state index is 12.3. The molecule has 2 aromatic rings. The first-order valence-electron chi connectivity index (χ1n) is 8.12. The Labute approximate surface area is 159 Å². The summed E-state index contributed by atoms with van der Waals surface area (Å²) < 4.78 is 5.02. The van der Waals surface area contributed by atoms with E-state index in [1.54, 1.807) is 31.2 Å². The van der Waals surface area contributed by atoms with E-state index in [1.807, 2.05) is 0 Å². The van der Waals surface area contributed by atoms with Crippen molar-refractivity contribution in [2.45, 2.75) is 26.9 Å². The monoisotopic (exact) mass is 387 g/mol. The summed E-state index contributed by atoms with van der Waals surface area (Å²) in [6.07, 6.45) is -1.23. The van der Waals surface area contributed by atoms with Crippen molar-refractivity contribution >= 4 is 28.9 Å². The van der Waals surface area contributed by atoms with Crippen LogP contribution >= 0.6 is 0 Å².